The fourth-order valence-corrected chi connectivity index (χ4v) is 6.15. The van der Waals surface area contributed by atoms with Gasteiger partial charge in [0.05, 0.1) is 27.8 Å². The summed E-state index contributed by atoms with van der Waals surface area (Å²) in [6.07, 6.45) is 3.79. The van der Waals surface area contributed by atoms with E-state index in [1.54, 1.807) is 0 Å². The van der Waals surface area contributed by atoms with E-state index in [4.69, 9.17) is 9.72 Å². The number of hydrogen-bond acceptors (Lipinski definition) is 3. The van der Waals surface area contributed by atoms with Crippen molar-refractivity contribution in [2.45, 2.75) is 26.2 Å². The number of imidazole rings is 1. The number of pyridine rings is 1. The van der Waals surface area contributed by atoms with Gasteiger partial charge in [-0.25, -0.2) is 9.97 Å². The smallest absolute Gasteiger partial charge is 0.137 e. The highest BCUT2D eigenvalue weighted by atomic mass is 16.5. The third-order valence-electron chi connectivity index (χ3n) is 8.45. The Bertz CT molecular complexity index is 2340. The maximum Gasteiger partial charge on any atom is 0.137 e. The summed E-state index contributed by atoms with van der Waals surface area (Å²) < 4.78 is 11.1. The molecule has 218 valence electrons. The van der Waals surface area contributed by atoms with Gasteiger partial charge >= 0.3 is 0 Å². The number of benzene rings is 5. The third-order valence-corrected chi connectivity index (χ3v) is 8.45. The number of para-hydroxylation sites is 3. The zero-order valence-electron chi connectivity index (χ0n) is 25.5. The first-order valence-electron chi connectivity index (χ1n) is 15.2. The van der Waals surface area contributed by atoms with E-state index in [2.05, 4.69) is 138 Å². The molecule has 3 aromatic heterocycles. The average Bonchev–Trinajstić information content (AvgIpc) is 3.64. The summed E-state index contributed by atoms with van der Waals surface area (Å²) in [5.74, 6) is 2.40. The fraction of sp³-hybridized carbons (Fsp3) is 0.100. The Morgan fingerprint density at radius 3 is 2.18 bits per heavy atom. The molecule has 8 rings (SSSR count). The van der Waals surface area contributed by atoms with Gasteiger partial charge in [-0.3, -0.25) is 9.13 Å². The van der Waals surface area contributed by atoms with Gasteiger partial charge in [0.2, 0.25) is 0 Å². The van der Waals surface area contributed by atoms with Gasteiger partial charge < -0.3 is 4.74 Å². The fourth-order valence-electron chi connectivity index (χ4n) is 6.15. The van der Waals surface area contributed by atoms with Crippen molar-refractivity contribution in [2.24, 2.45) is 0 Å². The van der Waals surface area contributed by atoms with Crippen molar-refractivity contribution in [3.05, 3.63) is 145 Å². The third kappa shape index (κ3) is 4.83. The molecule has 0 atom stereocenters. The van der Waals surface area contributed by atoms with E-state index < -0.39 is 0 Å². The maximum atomic E-state index is 6.70. The van der Waals surface area contributed by atoms with Crippen LogP contribution in [0, 0.1) is 0 Å². The van der Waals surface area contributed by atoms with Gasteiger partial charge in [-0.1, -0.05) is 81.4 Å². The van der Waals surface area contributed by atoms with E-state index >= 15 is 0 Å². The van der Waals surface area contributed by atoms with E-state index in [9.17, 15) is 0 Å². The minimum atomic E-state index is 0.00671. The first kappa shape index (κ1) is 26.9. The van der Waals surface area contributed by atoms with Gasteiger partial charge in [0, 0.05) is 29.1 Å². The van der Waals surface area contributed by atoms with Crippen molar-refractivity contribution >= 4 is 32.8 Å². The summed E-state index contributed by atoms with van der Waals surface area (Å²) in [6.45, 7) is 6.69. The van der Waals surface area contributed by atoms with E-state index in [1.165, 1.54) is 10.9 Å². The molecule has 3 heterocycles. The molecule has 0 aliphatic heterocycles. The molecule has 0 spiro atoms. The Labute approximate surface area is 262 Å². The van der Waals surface area contributed by atoms with Crippen LogP contribution < -0.4 is 4.74 Å². The van der Waals surface area contributed by atoms with Crippen LogP contribution in [0.1, 0.15) is 26.3 Å². The molecule has 0 bridgehead atoms. The van der Waals surface area contributed by atoms with Gasteiger partial charge in [-0.2, -0.15) is 0 Å². The van der Waals surface area contributed by atoms with Gasteiger partial charge in [0.15, 0.2) is 0 Å². The second-order valence-corrected chi connectivity index (χ2v) is 12.5. The predicted octanol–water partition coefficient (Wildman–Crippen LogP) is 10.3. The Kier molecular flexibility index (Phi) is 6.27. The molecule has 0 unspecified atom stereocenters. The van der Waals surface area contributed by atoms with Crippen molar-refractivity contribution in [1.82, 2.24) is 19.1 Å². The summed E-state index contributed by atoms with van der Waals surface area (Å²) in [7, 11) is 0. The summed E-state index contributed by atoms with van der Waals surface area (Å²) >= 11 is 0. The molecule has 0 aliphatic rings. The Morgan fingerprint density at radius 2 is 1.33 bits per heavy atom. The first-order valence-corrected chi connectivity index (χ1v) is 15.2. The van der Waals surface area contributed by atoms with Crippen molar-refractivity contribution in [2.75, 3.05) is 0 Å². The first-order chi connectivity index (χ1) is 21.9. The van der Waals surface area contributed by atoms with Gasteiger partial charge in [0.25, 0.3) is 0 Å². The van der Waals surface area contributed by atoms with Crippen LogP contribution in [-0.2, 0) is 5.41 Å². The maximum absolute atomic E-state index is 6.70. The van der Waals surface area contributed by atoms with Crippen LogP contribution in [0.2, 0.25) is 0 Å². The lowest BCUT2D eigenvalue weighted by Crippen LogP contribution is -2.12. The number of nitrogens with zero attached hydrogens (tertiary/aromatic N) is 4. The molecule has 0 radical (unpaired) electrons. The molecule has 5 nitrogen and oxygen atoms in total. The minimum absolute atomic E-state index is 0.00671. The standard InChI is InChI=1S/C40H32N4O/c1-40(2,3)29-19-20-41-39(23-29)44-36-15-9-7-13-33(36)34-18-17-31(25-38(34)44)45-32-22-28(27-11-5-4-6-12-27)21-30(24-32)43-26-42-35-14-8-10-16-37(35)43/h4-26H,1-3H3. The summed E-state index contributed by atoms with van der Waals surface area (Å²) in [5.41, 5.74) is 8.58. The number of rotatable bonds is 5. The zero-order valence-corrected chi connectivity index (χ0v) is 25.5. The molecule has 0 saturated heterocycles. The van der Waals surface area contributed by atoms with Crippen LogP contribution in [0.3, 0.4) is 0 Å². The lowest BCUT2D eigenvalue weighted by Gasteiger charge is -2.20. The van der Waals surface area contributed by atoms with E-state index in [1.807, 2.05) is 36.8 Å². The summed E-state index contributed by atoms with van der Waals surface area (Å²) in [6, 6.07) is 44.1. The van der Waals surface area contributed by atoms with E-state index in [0.29, 0.717) is 0 Å². The quantitative estimate of drug-likeness (QED) is 0.202. The number of aromatic nitrogens is 4. The molecule has 0 amide bonds. The second kappa shape index (κ2) is 10.5. The summed E-state index contributed by atoms with van der Waals surface area (Å²) in [5, 5.41) is 2.34. The number of hydrogen-bond donors (Lipinski definition) is 0. The molecular formula is C40H32N4O. The SMILES string of the molecule is CC(C)(C)c1ccnc(-n2c3ccccc3c3ccc(Oc4cc(-c5ccccc5)cc(-n5cnc6ccccc65)c4)cc32)c1. The van der Waals surface area contributed by atoms with Crippen molar-refractivity contribution in [3.8, 4) is 34.1 Å². The molecule has 5 heteroatoms. The Hall–Kier alpha value is -5.68. The summed E-state index contributed by atoms with van der Waals surface area (Å²) in [4.78, 5) is 9.47. The largest absolute Gasteiger partial charge is 0.457 e. The van der Waals surface area contributed by atoms with Crippen LogP contribution in [0.15, 0.2) is 140 Å². The lowest BCUT2D eigenvalue weighted by molar-refractivity contribution is 0.483. The van der Waals surface area contributed by atoms with Crippen molar-refractivity contribution in [3.63, 3.8) is 0 Å². The van der Waals surface area contributed by atoms with Crippen LogP contribution in [0.4, 0.5) is 0 Å². The van der Waals surface area contributed by atoms with Gasteiger partial charge in [0.1, 0.15) is 23.6 Å². The molecule has 0 N–H and O–H groups in total. The van der Waals surface area contributed by atoms with Crippen molar-refractivity contribution in [1.29, 1.82) is 0 Å². The lowest BCUT2D eigenvalue weighted by atomic mass is 9.88. The van der Waals surface area contributed by atoms with E-state index in [0.717, 1.165) is 61.6 Å². The van der Waals surface area contributed by atoms with Crippen LogP contribution in [-0.4, -0.2) is 19.1 Å². The molecule has 0 aliphatic carbocycles. The van der Waals surface area contributed by atoms with Gasteiger partial charge in [-0.05, 0) is 76.7 Å². The molecule has 0 fully saturated rings. The predicted molar refractivity (Wildman–Crippen MR) is 184 cm³/mol. The highest BCUT2D eigenvalue weighted by Gasteiger charge is 2.18. The highest BCUT2D eigenvalue weighted by molar-refractivity contribution is 6.09. The monoisotopic (exact) mass is 584 g/mol. The molecular weight excluding hydrogens is 552 g/mol. The Morgan fingerprint density at radius 1 is 0.578 bits per heavy atom. The van der Waals surface area contributed by atoms with Crippen LogP contribution in [0.25, 0.3) is 55.5 Å². The number of ether oxygens (including phenoxy) is 1. The average molecular weight is 585 g/mol. The normalized spacial score (nSPS) is 11.9. The molecule has 45 heavy (non-hydrogen) atoms. The zero-order chi connectivity index (χ0) is 30.5. The van der Waals surface area contributed by atoms with Gasteiger partial charge in [-0.15, -0.1) is 0 Å². The molecule has 8 aromatic rings. The van der Waals surface area contributed by atoms with Crippen LogP contribution >= 0.6 is 0 Å². The number of fused-ring (bicyclic) bond motifs is 4. The second-order valence-electron chi connectivity index (χ2n) is 12.5. The minimum Gasteiger partial charge on any atom is -0.457 e. The van der Waals surface area contributed by atoms with E-state index in [-0.39, 0.29) is 5.41 Å². The molecule has 5 aromatic carbocycles. The van der Waals surface area contributed by atoms with Crippen LogP contribution in [0.5, 0.6) is 11.5 Å². The highest BCUT2D eigenvalue weighted by Crippen LogP contribution is 2.37. The van der Waals surface area contributed by atoms with Crippen molar-refractivity contribution < 1.29 is 4.74 Å². The molecule has 0 saturated carbocycles. The Balaban J connectivity index is 1.28. The topological polar surface area (TPSA) is 44.9 Å².